The highest BCUT2D eigenvalue weighted by Crippen LogP contribution is 2.40. The van der Waals surface area contributed by atoms with Crippen molar-refractivity contribution in [2.75, 3.05) is 33.3 Å². The van der Waals surface area contributed by atoms with Crippen molar-refractivity contribution in [3.63, 3.8) is 0 Å². The fourth-order valence-electron chi connectivity index (χ4n) is 4.54. The van der Waals surface area contributed by atoms with Crippen LogP contribution in [-0.2, 0) is 14.3 Å². The Labute approximate surface area is 207 Å². The summed E-state index contributed by atoms with van der Waals surface area (Å²) in [5.41, 5.74) is 1.77. The van der Waals surface area contributed by atoms with E-state index >= 15 is 0 Å². The number of ketones is 1. The Morgan fingerprint density at radius 1 is 1.24 bits per heavy atom. The maximum atomic E-state index is 13.8. The van der Waals surface area contributed by atoms with Crippen molar-refractivity contribution in [3.8, 4) is 0 Å². The van der Waals surface area contributed by atoms with Crippen molar-refractivity contribution in [1.29, 1.82) is 0 Å². The number of benzene rings is 1. The average molecular weight is 532 g/mol. The number of likely N-dealkylation sites (tertiary alicyclic amines) is 1. The molecular formula is C25H30BrN3O5. The van der Waals surface area contributed by atoms with Gasteiger partial charge in [-0.3, -0.25) is 9.59 Å². The zero-order valence-corrected chi connectivity index (χ0v) is 21.7. The second-order valence-electron chi connectivity index (χ2n) is 8.35. The number of nitrogens with zero attached hydrogens (tertiary/aromatic N) is 1. The molecule has 1 aliphatic heterocycles. The van der Waals surface area contributed by atoms with Crippen LogP contribution in [0.4, 0.5) is 0 Å². The van der Waals surface area contributed by atoms with Crippen molar-refractivity contribution in [2.24, 2.45) is 0 Å². The lowest BCUT2D eigenvalue weighted by Gasteiger charge is -2.29. The van der Waals surface area contributed by atoms with E-state index in [1.165, 1.54) is 16.9 Å². The summed E-state index contributed by atoms with van der Waals surface area (Å²) in [4.78, 5) is 44.2. The van der Waals surface area contributed by atoms with Crippen LogP contribution >= 0.6 is 15.9 Å². The van der Waals surface area contributed by atoms with Crippen LogP contribution in [0.3, 0.4) is 0 Å². The van der Waals surface area contributed by atoms with E-state index in [0.29, 0.717) is 29.9 Å². The number of rotatable bonds is 8. The maximum Gasteiger partial charge on any atom is 0.354 e. The third-order valence-electron chi connectivity index (χ3n) is 6.45. The highest BCUT2D eigenvalue weighted by Gasteiger charge is 2.44. The number of hydrogen-bond acceptors (Lipinski definition) is 5. The van der Waals surface area contributed by atoms with E-state index in [2.05, 4.69) is 34.8 Å². The van der Waals surface area contributed by atoms with Crippen LogP contribution in [0.15, 0.2) is 34.3 Å². The summed E-state index contributed by atoms with van der Waals surface area (Å²) < 4.78 is 5.58. The zero-order valence-electron chi connectivity index (χ0n) is 20.1. The second kappa shape index (κ2) is 10.6. The molecule has 8 nitrogen and oxygen atoms in total. The van der Waals surface area contributed by atoms with Gasteiger partial charge in [0.1, 0.15) is 5.69 Å². The molecule has 182 valence electrons. The first-order valence-corrected chi connectivity index (χ1v) is 12.1. The van der Waals surface area contributed by atoms with Gasteiger partial charge in [0.05, 0.1) is 39.3 Å². The predicted octanol–water partition coefficient (Wildman–Crippen LogP) is 1.33. The number of aromatic nitrogens is 1. The van der Waals surface area contributed by atoms with Crippen molar-refractivity contribution in [1.82, 2.24) is 9.88 Å². The second-order valence-corrected chi connectivity index (χ2v) is 9.27. The van der Waals surface area contributed by atoms with Gasteiger partial charge >= 0.3 is 5.97 Å². The molecule has 0 aliphatic carbocycles. The molecule has 1 unspecified atom stereocenters. The van der Waals surface area contributed by atoms with Gasteiger partial charge in [0.25, 0.3) is 5.91 Å². The van der Waals surface area contributed by atoms with Crippen LogP contribution in [-0.4, -0.2) is 60.8 Å². The highest BCUT2D eigenvalue weighted by atomic mass is 79.9. The fourth-order valence-corrected chi connectivity index (χ4v) is 4.95. The molecule has 0 bridgehead atoms. The quantitative estimate of drug-likeness (QED) is 0.231. The van der Waals surface area contributed by atoms with Gasteiger partial charge in [-0.25, -0.2) is 4.79 Å². The maximum absolute atomic E-state index is 13.8. The Balaban J connectivity index is 2.19. The van der Waals surface area contributed by atoms with Gasteiger partial charge in [-0.1, -0.05) is 33.8 Å². The van der Waals surface area contributed by atoms with E-state index in [0.717, 1.165) is 17.6 Å². The molecule has 1 aromatic heterocycles. The van der Waals surface area contributed by atoms with Gasteiger partial charge in [0, 0.05) is 15.7 Å². The molecule has 2 N–H and O–H groups in total. The van der Waals surface area contributed by atoms with Gasteiger partial charge in [-0.2, -0.15) is 0 Å². The minimum absolute atomic E-state index is 0.0979. The van der Waals surface area contributed by atoms with Crippen molar-refractivity contribution in [3.05, 3.63) is 62.4 Å². The number of hydrogen-bond donors (Lipinski definition) is 2. The number of nitrogens with one attached hydrogen (secondary N) is 2. The molecule has 9 heteroatoms. The number of halogens is 1. The number of carbonyl (C=O) groups is 3. The molecular weight excluding hydrogens is 502 g/mol. The van der Waals surface area contributed by atoms with Crippen LogP contribution in [0, 0.1) is 13.8 Å². The summed E-state index contributed by atoms with van der Waals surface area (Å²) in [5.74, 6) is -2.64. The normalized spacial score (nSPS) is 17.6. The summed E-state index contributed by atoms with van der Waals surface area (Å²) >= 11 is 3.45. The highest BCUT2D eigenvalue weighted by molar-refractivity contribution is 9.10. The molecule has 0 radical (unpaired) electrons. The Kier molecular flexibility index (Phi) is 7.99. The lowest BCUT2D eigenvalue weighted by Crippen LogP contribution is -3.12. The number of amides is 1. The summed E-state index contributed by atoms with van der Waals surface area (Å²) in [6.45, 7) is 10.2. The van der Waals surface area contributed by atoms with Crippen LogP contribution in [0.2, 0.25) is 0 Å². The molecule has 1 atom stereocenters. The first-order chi connectivity index (χ1) is 16.2. The van der Waals surface area contributed by atoms with Crippen molar-refractivity contribution in [2.45, 2.75) is 33.7 Å². The molecule has 1 saturated heterocycles. The van der Waals surface area contributed by atoms with Crippen LogP contribution in [0.5, 0.6) is 0 Å². The number of aromatic amines is 1. The number of H-pyrrole nitrogens is 1. The van der Waals surface area contributed by atoms with Crippen molar-refractivity contribution >= 4 is 39.3 Å². The Hall–Kier alpha value is -2.91. The molecule has 0 saturated carbocycles. The molecule has 2 heterocycles. The summed E-state index contributed by atoms with van der Waals surface area (Å²) in [7, 11) is 1.26. The average Bonchev–Trinajstić information content (AvgIpc) is 3.26. The molecule has 1 aromatic carbocycles. The standard InChI is InChI=1S/C25H30BrN3O5/c1-6-28(7-2)11-12-29-21(16-9-8-10-17(26)13-16)19(23(31)24(29)32)22(30)18-14(3)20(25(33)34-5)27-15(18)4/h8-10,13,21,27,30H,6-7,11-12H2,1-5H3/b22-19+. The number of likely N-dealkylation sites (N-methyl/N-ethyl adjacent to an activating group) is 1. The van der Waals surface area contributed by atoms with Gasteiger partial charge in [-0.05, 0) is 56.5 Å². The summed E-state index contributed by atoms with van der Waals surface area (Å²) in [6, 6.07) is 6.47. The van der Waals surface area contributed by atoms with E-state index in [1.807, 2.05) is 24.3 Å². The molecule has 3 rings (SSSR count). The molecule has 1 aliphatic rings. The molecule has 1 fully saturated rings. The minimum atomic E-state index is -0.810. The van der Waals surface area contributed by atoms with E-state index in [1.54, 1.807) is 13.8 Å². The summed E-state index contributed by atoms with van der Waals surface area (Å²) in [5, 5.41) is 13.8. The fraction of sp³-hybridized carbons (Fsp3) is 0.400. The molecule has 2 aromatic rings. The first-order valence-electron chi connectivity index (χ1n) is 11.3. The lowest BCUT2D eigenvalue weighted by molar-refractivity contribution is -0.895. The summed E-state index contributed by atoms with van der Waals surface area (Å²) in [6.07, 6.45) is 0. The third kappa shape index (κ3) is 4.67. The van der Waals surface area contributed by atoms with Crippen LogP contribution < -0.4 is 10.0 Å². The van der Waals surface area contributed by atoms with Gasteiger partial charge in [0.15, 0.2) is 0 Å². The number of methoxy groups -OCH3 is 1. The number of esters is 1. The number of carbonyl (C=O) groups excluding carboxylic acids is 3. The number of Topliss-reactive ketones (excluding diaryl/α,β-unsaturated/α-hetero) is 1. The van der Waals surface area contributed by atoms with Crippen LogP contribution in [0.1, 0.15) is 52.8 Å². The predicted molar refractivity (Wildman–Crippen MR) is 129 cm³/mol. The third-order valence-corrected chi connectivity index (χ3v) is 6.95. The van der Waals surface area contributed by atoms with Gasteiger partial charge < -0.3 is 24.6 Å². The van der Waals surface area contributed by atoms with Crippen molar-refractivity contribution < 1.29 is 29.1 Å². The Morgan fingerprint density at radius 2 is 1.91 bits per heavy atom. The topological polar surface area (TPSA) is 107 Å². The lowest BCUT2D eigenvalue weighted by atomic mass is 9.94. The zero-order chi connectivity index (χ0) is 25.2. The SMILES string of the molecule is CC[NH+](CC)CCN1C(=O)C(=O)/C(=C(/[O-])c2c(C)[nH]c(C(=O)OC)c2C)C1c1cccc(Br)c1. The van der Waals surface area contributed by atoms with Gasteiger partial charge in [-0.15, -0.1) is 0 Å². The minimum Gasteiger partial charge on any atom is -0.872 e. The molecule has 34 heavy (non-hydrogen) atoms. The van der Waals surface area contributed by atoms with E-state index in [4.69, 9.17) is 4.74 Å². The largest absolute Gasteiger partial charge is 0.872 e. The van der Waals surface area contributed by atoms with E-state index < -0.39 is 29.5 Å². The van der Waals surface area contributed by atoms with Gasteiger partial charge in [0.2, 0.25) is 5.78 Å². The Morgan fingerprint density at radius 3 is 2.50 bits per heavy atom. The number of quaternary nitrogens is 1. The van der Waals surface area contributed by atoms with E-state index in [9.17, 15) is 19.5 Å². The number of aryl methyl sites for hydroxylation is 1. The monoisotopic (exact) mass is 531 g/mol. The molecule has 1 amide bonds. The smallest absolute Gasteiger partial charge is 0.354 e. The van der Waals surface area contributed by atoms with Crippen LogP contribution in [0.25, 0.3) is 5.76 Å². The molecule has 0 spiro atoms. The van der Waals surface area contributed by atoms with E-state index in [-0.39, 0.29) is 16.8 Å². The Bertz CT molecular complexity index is 1150. The number of ether oxygens (including phenoxy) is 1. The first kappa shape index (κ1) is 25.7.